The number of rotatable bonds is 5. The summed E-state index contributed by atoms with van der Waals surface area (Å²) in [4.78, 5) is 10.8. The van der Waals surface area contributed by atoms with Gasteiger partial charge in [-0.3, -0.25) is 4.98 Å². The molecule has 0 aliphatic rings. The van der Waals surface area contributed by atoms with Gasteiger partial charge in [0.2, 0.25) is 0 Å². The molecular formula is C14H17BrN4. The number of hydrogen-bond donors (Lipinski definition) is 1. The van der Waals surface area contributed by atoms with Gasteiger partial charge in [-0.2, -0.15) is 0 Å². The van der Waals surface area contributed by atoms with Crippen LogP contribution >= 0.6 is 15.9 Å². The Morgan fingerprint density at radius 3 is 2.89 bits per heavy atom. The SMILES string of the molecule is CNCc1cc(Br)cnc1N(C)Cc1cccnc1. The minimum atomic E-state index is 0.791. The van der Waals surface area contributed by atoms with Crippen molar-refractivity contribution in [2.75, 3.05) is 19.0 Å². The predicted octanol–water partition coefficient (Wildman–Crippen LogP) is 2.59. The first-order valence-corrected chi connectivity index (χ1v) is 6.89. The summed E-state index contributed by atoms with van der Waals surface area (Å²) >= 11 is 3.46. The minimum absolute atomic E-state index is 0.791. The van der Waals surface area contributed by atoms with Crippen LogP contribution in [0.25, 0.3) is 0 Å². The molecule has 2 aromatic heterocycles. The maximum atomic E-state index is 4.51. The number of nitrogens with zero attached hydrogens (tertiary/aromatic N) is 3. The van der Waals surface area contributed by atoms with Crippen LogP contribution in [0.3, 0.4) is 0 Å². The Morgan fingerprint density at radius 2 is 2.21 bits per heavy atom. The molecule has 0 saturated carbocycles. The van der Waals surface area contributed by atoms with Gasteiger partial charge in [0.15, 0.2) is 0 Å². The first kappa shape index (κ1) is 14.0. The molecular weight excluding hydrogens is 304 g/mol. The van der Waals surface area contributed by atoms with Crippen LogP contribution in [0.5, 0.6) is 0 Å². The van der Waals surface area contributed by atoms with Crippen LogP contribution in [0, 0.1) is 0 Å². The van der Waals surface area contributed by atoms with Gasteiger partial charge in [-0.15, -0.1) is 0 Å². The van der Waals surface area contributed by atoms with E-state index < -0.39 is 0 Å². The topological polar surface area (TPSA) is 41.1 Å². The fourth-order valence-electron chi connectivity index (χ4n) is 1.98. The Balaban J connectivity index is 2.20. The monoisotopic (exact) mass is 320 g/mol. The van der Waals surface area contributed by atoms with Crippen LogP contribution < -0.4 is 10.2 Å². The Morgan fingerprint density at radius 1 is 1.37 bits per heavy atom. The number of aromatic nitrogens is 2. The molecule has 0 aliphatic heterocycles. The number of hydrogen-bond acceptors (Lipinski definition) is 4. The van der Waals surface area contributed by atoms with Crippen molar-refractivity contribution in [2.45, 2.75) is 13.1 Å². The van der Waals surface area contributed by atoms with E-state index in [1.807, 2.05) is 32.6 Å². The highest BCUT2D eigenvalue weighted by atomic mass is 79.9. The van der Waals surface area contributed by atoms with E-state index in [0.29, 0.717) is 0 Å². The molecule has 100 valence electrons. The van der Waals surface area contributed by atoms with Crippen LogP contribution in [0.2, 0.25) is 0 Å². The summed E-state index contributed by atoms with van der Waals surface area (Å²) < 4.78 is 0.997. The van der Waals surface area contributed by atoms with Crippen LogP contribution in [0.1, 0.15) is 11.1 Å². The van der Waals surface area contributed by atoms with Gasteiger partial charge in [-0.25, -0.2) is 4.98 Å². The van der Waals surface area contributed by atoms with Crippen molar-refractivity contribution in [2.24, 2.45) is 0 Å². The smallest absolute Gasteiger partial charge is 0.133 e. The zero-order valence-corrected chi connectivity index (χ0v) is 12.7. The van der Waals surface area contributed by atoms with Crippen molar-refractivity contribution in [3.63, 3.8) is 0 Å². The maximum absolute atomic E-state index is 4.51. The molecule has 2 heterocycles. The summed E-state index contributed by atoms with van der Waals surface area (Å²) in [5.74, 6) is 0.987. The fourth-order valence-corrected chi connectivity index (χ4v) is 2.36. The third kappa shape index (κ3) is 3.75. The molecule has 2 aromatic rings. The normalized spacial score (nSPS) is 10.5. The molecule has 0 radical (unpaired) electrons. The summed E-state index contributed by atoms with van der Waals surface area (Å²) in [7, 11) is 3.98. The van der Waals surface area contributed by atoms with Crippen molar-refractivity contribution in [3.8, 4) is 0 Å². The summed E-state index contributed by atoms with van der Waals surface area (Å²) in [5.41, 5.74) is 2.34. The first-order valence-electron chi connectivity index (χ1n) is 6.09. The average molecular weight is 321 g/mol. The van der Waals surface area contributed by atoms with Gasteiger partial charge in [-0.1, -0.05) is 6.07 Å². The summed E-state index contributed by atoms with van der Waals surface area (Å²) in [5, 5.41) is 3.17. The summed E-state index contributed by atoms with van der Waals surface area (Å²) in [6.45, 7) is 1.58. The fraction of sp³-hybridized carbons (Fsp3) is 0.286. The van der Waals surface area contributed by atoms with E-state index in [9.17, 15) is 0 Å². The van der Waals surface area contributed by atoms with Gasteiger partial charge in [0, 0.05) is 48.8 Å². The van der Waals surface area contributed by atoms with Crippen LogP contribution in [-0.4, -0.2) is 24.1 Å². The number of anilines is 1. The van der Waals surface area contributed by atoms with Gasteiger partial charge >= 0.3 is 0 Å². The van der Waals surface area contributed by atoms with Crippen LogP contribution in [0.4, 0.5) is 5.82 Å². The lowest BCUT2D eigenvalue weighted by Crippen LogP contribution is -2.21. The standard InChI is InChI=1S/C14H17BrN4/c1-16-8-12-6-13(15)9-18-14(12)19(2)10-11-4-3-5-17-7-11/h3-7,9,16H,8,10H2,1-2H3. The molecule has 0 aromatic carbocycles. The molecule has 0 spiro atoms. The Bertz CT molecular complexity index is 530. The molecule has 5 heteroatoms. The molecule has 0 fully saturated rings. The first-order chi connectivity index (χ1) is 9.20. The number of pyridine rings is 2. The second kappa shape index (κ2) is 6.63. The molecule has 19 heavy (non-hydrogen) atoms. The van der Waals surface area contributed by atoms with E-state index in [-0.39, 0.29) is 0 Å². The zero-order chi connectivity index (χ0) is 13.7. The van der Waals surface area contributed by atoms with Crippen molar-refractivity contribution in [3.05, 3.63) is 52.4 Å². The maximum Gasteiger partial charge on any atom is 0.133 e. The highest BCUT2D eigenvalue weighted by molar-refractivity contribution is 9.10. The predicted molar refractivity (Wildman–Crippen MR) is 81.0 cm³/mol. The molecule has 1 N–H and O–H groups in total. The van der Waals surface area contributed by atoms with Crippen molar-refractivity contribution >= 4 is 21.7 Å². The quantitative estimate of drug-likeness (QED) is 0.919. The van der Waals surface area contributed by atoms with Gasteiger partial charge in [-0.05, 0) is 40.7 Å². The lowest BCUT2D eigenvalue weighted by atomic mass is 10.2. The molecule has 4 nitrogen and oxygen atoms in total. The van der Waals surface area contributed by atoms with Crippen molar-refractivity contribution in [1.82, 2.24) is 15.3 Å². The third-order valence-corrected chi connectivity index (χ3v) is 3.21. The van der Waals surface area contributed by atoms with Crippen LogP contribution in [0.15, 0.2) is 41.3 Å². The molecule has 0 unspecified atom stereocenters. The molecule has 2 rings (SSSR count). The second-order valence-corrected chi connectivity index (χ2v) is 5.30. The van der Waals surface area contributed by atoms with Gasteiger partial charge in [0.05, 0.1) is 0 Å². The lowest BCUT2D eigenvalue weighted by Gasteiger charge is -2.21. The molecule has 0 saturated heterocycles. The van der Waals surface area contributed by atoms with E-state index in [4.69, 9.17) is 0 Å². The highest BCUT2D eigenvalue weighted by Gasteiger charge is 2.10. The van der Waals surface area contributed by atoms with Crippen LogP contribution in [-0.2, 0) is 13.1 Å². The molecule has 0 bridgehead atoms. The second-order valence-electron chi connectivity index (χ2n) is 4.38. The molecule has 0 aliphatic carbocycles. The van der Waals surface area contributed by atoms with E-state index in [1.54, 1.807) is 6.20 Å². The van der Waals surface area contributed by atoms with E-state index >= 15 is 0 Å². The third-order valence-electron chi connectivity index (χ3n) is 2.78. The average Bonchev–Trinajstić information content (AvgIpc) is 2.40. The zero-order valence-electron chi connectivity index (χ0n) is 11.1. The minimum Gasteiger partial charge on any atom is -0.355 e. The highest BCUT2D eigenvalue weighted by Crippen LogP contribution is 2.21. The number of halogens is 1. The number of nitrogens with one attached hydrogen (secondary N) is 1. The van der Waals surface area contributed by atoms with Crippen molar-refractivity contribution < 1.29 is 0 Å². The van der Waals surface area contributed by atoms with Gasteiger partial charge in [0.1, 0.15) is 5.82 Å². The Kier molecular flexibility index (Phi) is 4.87. The lowest BCUT2D eigenvalue weighted by molar-refractivity contribution is 0.794. The van der Waals surface area contributed by atoms with E-state index in [2.05, 4.69) is 48.2 Å². The Hall–Kier alpha value is -1.46. The largest absolute Gasteiger partial charge is 0.355 e. The van der Waals surface area contributed by atoms with E-state index in [1.165, 1.54) is 11.1 Å². The van der Waals surface area contributed by atoms with Gasteiger partial charge < -0.3 is 10.2 Å². The summed E-state index contributed by atoms with van der Waals surface area (Å²) in [6.07, 6.45) is 5.50. The van der Waals surface area contributed by atoms with Gasteiger partial charge in [0.25, 0.3) is 0 Å². The van der Waals surface area contributed by atoms with E-state index in [0.717, 1.165) is 23.4 Å². The Labute approximate surface area is 122 Å². The summed E-state index contributed by atoms with van der Waals surface area (Å²) in [6, 6.07) is 6.12. The molecule has 0 amide bonds. The van der Waals surface area contributed by atoms with Crippen molar-refractivity contribution in [1.29, 1.82) is 0 Å². The molecule has 0 atom stereocenters.